The molecule has 2 aromatic carbocycles. The van der Waals surface area contributed by atoms with E-state index in [1.807, 2.05) is 30.3 Å². The Balaban J connectivity index is 1.89. The molecule has 1 aliphatic rings. The largest absolute Gasteiger partial charge is 0.495 e. The second-order valence-corrected chi connectivity index (χ2v) is 5.80. The molecule has 1 aliphatic carbocycles. The van der Waals surface area contributed by atoms with E-state index in [0.717, 1.165) is 29.3 Å². The Labute approximate surface area is 128 Å². The van der Waals surface area contributed by atoms with Crippen molar-refractivity contribution in [3.8, 4) is 5.75 Å². The van der Waals surface area contributed by atoms with E-state index in [4.69, 9.17) is 27.9 Å². The van der Waals surface area contributed by atoms with E-state index < -0.39 is 0 Å². The summed E-state index contributed by atoms with van der Waals surface area (Å²) in [5.74, 6) is 0.803. The van der Waals surface area contributed by atoms with Crippen molar-refractivity contribution in [2.45, 2.75) is 18.9 Å². The van der Waals surface area contributed by atoms with Crippen molar-refractivity contribution < 1.29 is 4.74 Å². The van der Waals surface area contributed by atoms with Crippen molar-refractivity contribution in [2.75, 3.05) is 12.4 Å². The van der Waals surface area contributed by atoms with E-state index in [2.05, 4.69) is 11.4 Å². The van der Waals surface area contributed by atoms with Crippen LogP contribution in [-0.2, 0) is 6.42 Å². The number of halogens is 2. The van der Waals surface area contributed by atoms with Crippen molar-refractivity contribution in [2.24, 2.45) is 0 Å². The molecule has 1 unspecified atom stereocenters. The first-order chi connectivity index (χ1) is 9.67. The Kier molecular flexibility index (Phi) is 3.77. The van der Waals surface area contributed by atoms with Gasteiger partial charge >= 0.3 is 0 Å². The van der Waals surface area contributed by atoms with Crippen molar-refractivity contribution >= 4 is 28.9 Å². The van der Waals surface area contributed by atoms with Gasteiger partial charge in [-0.1, -0.05) is 29.3 Å². The van der Waals surface area contributed by atoms with Crippen molar-refractivity contribution in [3.63, 3.8) is 0 Å². The molecule has 2 nitrogen and oxygen atoms in total. The summed E-state index contributed by atoms with van der Waals surface area (Å²) in [4.78, 5) is 0. The number of benzene rings is 2. The third-order valence-electron chi connectivity index (χ3n) is 3.67. The number of fused-ring (bicyclic) bond motifs is 1. The van der Waals surface area contributed by atoms with E-state index >= 15 is 0 Å². The number of nitrogens with one attached hydrogen (secondary N) is 1. The fourth-order valence-corrected chi connectivity index (χ4v) is 3.08. The average Bonchev–Trinajstić information content (AvgIpc) is 2.81. The van der Waals surface area contributed by atoms with Crippen LogP contribution in [0.3, 0.4) is 0 Å². The predicted octanol–water partition coefficient (Wildman–Crippen LogP) is 5.10. The summed E-state index contributed by atoms with van der Waals surface area (Å²) >= 11 is 12.1. The number of ether oxygens (including phenoxy) is 1. The summed E-state index contributed by atoms with van der Waals surface area (Å²) in [6, 6.07) is 12.0. The maximum absolute atomic E-state index is 6.07. The maximum atomic E-state index is 6.07. The first kappa shape index (κ1) is 13.6. The van der Waals surface area contributed by atoms with Gasteiger partial charge < -0.3 is 10.1 Å². The van der Waals surface area contributed by atoms with Gasteiger partial charge in [-0.05, 0) is 54.3 Å². The van der Waals surface area contributed by atoms with Gasteiger partial charge in [-0.3, -0.25) is 0 Å². The Bertz CT molecular complexity index is 642. The van der Waals surface area contributed by atoms with Crippen LogP contribution >= 0.6 is 23.2 Å². The van der Waals surface area contributed by atoms with Gasteiger partial charge in [0.1, 0.15) is 5.75 Å². The van der Waals surface area contributed by atoms with Gasteiger partial charge in [0.05, 0.1) is 18.8 Å². The molecule has 0 amide bonds. The number of anilines is 1. The smallest absolute Gasteiger partial charge is 0.142 e. The average molecular weight is 308 g/mol. The molecule has 104 valence electrons. The number of aryl methyl sites for hydroxylation is 1. The molecular formula is C16H15Cl2NO. The molecular weight excluding hydrogens is 293 g/mol. The van der Waals surface area contributed by atoms with Crippen LogP contribution in [0.4, 0.5) is 5.69 Å². The molecule has 0 bridgehead atoms. The van der Waals surface area contributed by atoms with Gasteiger partial charge in [0.2, 0.25) is 0 Å². The Morgan fingerprint density at radius 3 is 2.65 bits per heavy atom. The lowest BCUT2D eigenvalue weighted by molar-refractivity contribution is 0.416. The van der Waals surface area contributed by atoms with Gasteiger partial charge in [0.25, 0.3) is 0 Å². The molecule has 0 aliphatic heterocycles. The van der Waals surface area contributed by atoms with Gasteiger partial charge in [0, 0.05) is 10.0 Å². The highest BCUT2D eigenvalue weighted by molar-refractivity contribution is 6.31. The third kappa shape index (κ3) is 2.58. The number of methoxy groups -OCH3 is 1. The summed E-state index contributed by atoms with van der Waals surface area (Å²) in [5, 5.41) is 5.02. The summed E-state index contributed by atoms with van der Waals surface area (Å²) in [6.07, 6.45) is 2.09. The van der Waals surface area contributed by atoms with Crippen LogP contribution in [0.1, 0.15) is 23.6 Å². The normalized spacial score (nSPS) is 16.9. The second-order valence-electron chi connectivity index (χ2n) is 4.92. The van der Waals surface area contributed by atoms with Crippen LogP contribution in [0, 0.1) is 0 Å². The number of hydrogen-bond donors (Lipinski definition) is 1. The minimum absolute atomic E-state index is 0.273. The minimum atomic E-state index is 0.273. The topological polar surface area (TPSA) is 21.3 Å². The Morgan fingerprint density at radius 1 is 1.10 bits per heavy atom. The van der Waals surface area contributed by atoms with E-state index in [1.165, 1.54) is 11.1 Å². The summed E-state index contributed by atoms with van der Waals surface area (Å²) in [7, 11) is 1.66. The van der Waals surface area contributed by atoms with Gasteiger partial charge in [0.15, 0.2) is 0 Å². The SMILES string of the molecule is COc1ccc(Cl)cc1NC1CCc2cc(Cl)ccc21. The van der Waals surface area contributed by atoms with Gasteiger partial charge in [-0.15, -0.1) is 0 Å². The van der Waals surface area contributed by atoms with Crippen molar-refractivity contribution in [1.29, 1.82) is 0 Å². The molecule has 1 N–H and O–H groups in total. The molecule has 0 heterocycles. The highest BCUT2D eigenvalue weighted by Crippen LogP contribution is 2.38. The zero-order valence-electron chi connectivity index (χ0n) is 11.1. The quantitative estimate of drug-likeness (QED) is 0.851. The van der Waals surface area contributed by atoms with Crippen molar-refractivity contribution in [3.05, 3.63) is 57.6 Å². The summed E-state index contributed by atoms with van der Waals surface area (Å²) < 4.78 is 5.38. The Morgan fingerprint density at radius 2 is 1.85 bits per heavy atom. The van der Waals surface area contributed by atoms with E-state index in [-0.39, 0.29) is 6.04 Å². The van der Waals surface area contributed by atoms with Crippen molar-refractivity contribution in [1.82, 2.24) is 0 Å². The second kappa shape index (κ2) is 5.55. The number of hydrogen-bond acceptors (Lipinski definition) is 2. The zero-order chi connectivity index (χ0) is 14.1. The molecule has 2 aromatic rings. The predicted molar refractivity (Wildman–Crippen MR) is 84.1 cm³/mol. The van der Waals surface area contributed by atoms with Crippen LogP contribution in [0.2, 0.25) is 10.0 Å². The zero-order valence-corrected chi connectivity index (χ0v) is 12.6. The van der Waals surface area contributed by atoms with Crippen LogP contribution in [0.5, 0.6) is 5.75 Å². The van der Waals surface area contributed by atoms with Crippen LogP contribution in [0.15, 0.2) is 36.4 Å². The number of rotatable bonds is 3. The fraction of sp³-hybridized carbons (Fsp3) is 0.250. The van der Waals surface area contributed by atoms with Gasteiger partial charge in [-0.25, -0.2) is 0 Å². The molecule has 3 rings (SSSR count). The van der Waals surface area contributed by atoms with Crippen LogP contribution < -0.4 is 10.1 Å². The van der Waals surface area contributed by atoms with E-state index in [1.54, 1.807) is 7.11 Å². The minimum Gasteiger partial charge on any atom is -0.495 e. The first-order valence-electron chi connectivity index (χ1n) is 6.56. The highest BCUT2D eigenvalue weighted by Gasteiger charge is 2.23. The summed E-state index contributed by atoms with van der Waals surface area (Å²) in [6.45, 7) is 0. The van der Waals surface area contributed by atoms with E-state index in [0.29, 0.717) is 5.02 Å². The molecule has 0 fully saturated rings. The molecule has 0 aromatic heterocycles. The van der Waals surface area contributed by atoms with Gasteiger partial charge in [-0.2, -0.15) is 0 Å². The standard InChI is InChI=1S/C16H15Cl2NO/c1-20-16-7-4-12(18)9-15(16)19-14-6-2-10-8-11(17)3-5-13(10)14/h3-5,7-9,14,19H,2,6H2,1H3. The molecule has 1 atom stereocenters. The molecule has 0 spiro atoms. The maximum Gasteiger partial charge on any atom is 0.142 e. The van der Waals surface area contributed by atoms with Crippen LogP contribution in [-0.4, -0.2) is 7.11 Å². The molecule has 20 heavy (non-hydrogen) atoms. The lowest BCUT2D eigenvalue weighted by Crippen LogP contribution is -2.08. The first-order valence-corrected chi connectivity index (χ1v) is 7.31. The molecule has 0 saturated heterocycles. The molecule has 4 heteroatoms. The fourth-order valence-electron chi connectivity index (χ4n) is 2.72. The lowest BCUT2D eigenvalue weighted by atomic mass is 10.1. The molecule has 0 radical (unpaired) electrons. The third-order valence-corrected chi connectivity index (χ3v) is 4.14. The highest BCUT2D eigenvalue weighted by atomic mass is 35.5. The van der Waals surface area contributed by atoms with Crippen LogP contribution in [0.25, 0.3) is 0 Å². The molecule has 0 saturated carbocycles. The summed E-state index contributed by atoms with van der Waals surface area (Å²) in [5.41, 5.74) is 3.54. The van der Waals surface area contributed by atoms with E-state index in [9.17, 15) is 0 Å². The monoisotopic (exact) mass is 307 g/mol. The Hall–Kier alpha value is -1.38. The lowest BCUT2D eigenvalue weighted by Gasteiger charge is -2.18.